The molecule has 2 aliphatic heterocycles. The van der Waals surface area contributed by atoms with Crippen molar-refractivity contribution in [1.29, 1.82) is 0 Å². The molecular weight excluding hydrogens is 198 g/mol. The van der Waals surface area contributed by atoms with Crippen LogP contribution in [0.25, 0.3) is 0 Å². The van der Waals surface area contributed by atoms with Crippen LogP contribution in [0.1, 0.15) is 13.3 Å². The fourth-order valence-electron chi connectivity index (χ4n) is 1.92. The van der Waals surface area contributed by atoms with Crippen LogP contribution in [0.3, 0.4) is 0 Å². The van der Waals surface area contributed by atoms with Crippen LogP contribution < -0.4 is 10.7 Å². The Labute approximate surface area is 87.9 Å². The van der Waals surface area contributed by atoms with E-state index in [4.69, 9.17) is 4.74 Å². The van der Waals surface area contributed by atoms with Crippen LogP contribution in [0.4, 0.5) is 0 Å². The molecule has 6 nitrogen and oxygen atoms in total. The Morgan fingerprint density at radius 1 is 1.67 bits per heavy atom. The third-order valence-corrected chi connectivity index (χ3v) is 2.68. The maximum Gasteiger partial charge on any atom is 0.319 e. The molecule has 0 spiro atoms. The van der Waals surface area contributed by atoms with Crippen molar-refractivity contribution >= 4 is 11.9 Å². The van der Waals surface area contributed by atoms with Gasteiger partial charge in [0.25, 0.3) is 5.91 Å². The average Bonchev–Trinajstić information content (AvgIpc) is 2.67. The van der Waals surface area contributed by atoms with Crippen LogP contribution in [0.2, 0.25) is 0 Å². The molecule has 0 aromatic rings. The average molecular weight is 213 g/mol. The molecule has 15 heavy (non-hydrogen) atoms. The van der Waals surface area contributed by atoms with Crippen molar-refractivity contribution in [3.05, 3.63) is 0 Å². The fraction of sp³-hybridized carbons (Fsp3) is 0.778. The second-order valence-corrected chi connectivity index (χ2v) is 3.63. The smallest absolute Gasteiger partial charge is 0.319 e. The number of hydrogen-bond donors (Lipinski definition) is 2. The topological polar surface area (TPSA) is 70.7 Å². The summed E-state index contributed by atoms with van der Waals surface area (Å²) in [5.74, 6) is -1.33. The first kappa shape index (κ1) is 10.4. The summed E-state index contributed by atoms with van der Waals surface area (Å²) in [5, 5.41) is 4.65. The lowest BCUT2D eigenvalue weighted by molar-refractivity contribution is -0.160. The predicted molar refractivity (Wildman–Crippen MR) is 51.4 cm³/mol. The highest BCUT2D eigenvalue weighted by atomic mass is 16.5. The monoisotopic (exact) mass is 213 g/mol. The van der Waals surface area contributed by atoms with Crippen molar-refractivity contribution in [3.8, 4) is 0 Å². The van der Waals surface area contributed by atoms with Crippen LogP contribution >= 0.6 is 0 Å². The lowest BCUT2D eigenvalue weighted by Gasteiger charge is -2.33. The number of rotatable bonds is 2. The van der Waals surface area contributed by atoms with Crippen LogP contribution in [-0.2, 0) is 14.3 Å². The predicted octanol–water partition coefficient (Wildman–Crippen LogP) is -1.17. The first-order valence-electron chi connectivity index (χ1n) is 5.20. The number of carbonyl (C=O) groups excluding carboxylic acids is 2. The second kappa shape index (κ2) is 4.16. The number of carbonyl (C=O) groups is 2. The number of ether oxygens (including phenoxy) is 1. The van der Waals surface area contributed by atoms with Gasteiger partial charge in [-0.15, -0.1) is 0 Å². The molecule has 1 amide bonds. The van der Waals surface area contributed by atoms with Gasteiger partial charge in [-0.25, -0.2) is 5.43 Å². The van der Waals surface area contributed by atoms with E-state index >= 15 is 0 Å². The minimum absolute atomic E-state index is 0.0307. The van der Waals surface area contributed by atoms with Gasteiger partial charge in [-0.2, -0.15) is 0 Å². The first-order valence-corrected chi connectivity index (χ1v) is 5.20. The molecule has 2 N–H and O–H groups in total. The van der Waals surface area contributed by atoms with Crippen molar-refractivity contribution in [2.24, 2.45) is 5.92 Å². The van der Waals surface area contributed by atoms with Crippen LogP contribution in [0.5, 0.6) is 0 Å². The molecular formula is C9H15N3O3. The number of nitrogens with one attached hydrogen (secondary N) is 2. The van der Waals surface area contributed by atoms with E-state index in [1.165, 1.54) is 5.01 Å². The highest BCUT2D eigenvalue weighted by Gasteiger charge is 2.41. The van der Waals surface area contributed by atoms with E-state index in [0.717, 1.165) is 13.0 Å². The van der Waals surface area contributed by atoms with E-state index in [1.54, 1.807) is 6.92 Å². The molecule has 2 heterocycles. The minimum Gasteiger partial charge on any atom is -0.465 e. The van der Waals surface area contributed by atoms with Crippen LogP contribution in [0.15, 0.2) is 0 Å². The maximum absolute atomic E-state index is 11.8. The molecule has 2 rings (SSSR count). The third-order valence-electron chi connectivity index (χ3n) is 2.68. The summed E-state index contributed by atoms with van der Waals surface area (Å²) in [7, 11) is 0. The molecule has 6 heteroatoms. The van der Waals surface area contributed by atoms with Crippen LogP contribution in [0, 0.1) is 5.92 Å². The number of hydrazine groups is 1. The number of amides is 1. The van der Waals surface area contributed by atoms with E-state index in [0.29, 0.717) is 13.2 Å². The van der Waals surface area contributed by atoms with Gasteiger partial charge in [0, 0.05) is 13.1 Å². The number of esters is 1. The van der Waals surface area contributed by atoms with Gasteiger partial charge in [-0.1, -0.05) is 0 Å². The molecule has 0 saturated carbocycles. The number of nitrogens with zero attached hydrogens (tertiary/aromatic N) is 1. The third kappa shape index (κ3) is 1.82. The number of fused-ring (bicyclic) bond motifs is 1. The largest absolute Gasteiger partial charge is 0.465 e. The normalized spacial score (nSPS) is 30.2. The Balaban J connectivity index is 2.03. The van der Waals surface area contributed by atoms with Gasteiger partial charge in [-0.05, 0) is 13.3 Å². The van der Waals surface area contributed by atoms with Crippen molar-refractivity contribution in [3.63, 3.8) is 0 Å². The van der Waals surface area contributed by atoms with Gasteiger partial charge in [0.1, 0.15) is 5.92 Å². The van der Waals surface area contributed by atoms with Gasteiger partial charge < -0.3 is 4.74 Å². The van der Waals surface area contributed by atoms with E-state index < -0.39 is 11.9 Å². The summed E-state index contributed by atoms with van der Waals surface area (Å²) >= 11 is 0. The summed E-state index contributed by atoms with van der Waals surface area (Å²) < 4.78 is 4.85. The van der Waals surface area contributed by atoms with Crippen molar-refractivity contribution in [1.82, 2.24) is 15.8 Å². The zero-order valence-corrected chi connectivity index (χ0v) is 8.66. The Morgan fingerprint density at radius 2 is 2.47 bits per heavy atom. The molecule has 84 valence electrons. The molecule has 2 fully saturated rings. The standard InChI is InChI=1S/C9H15N3O3/c1-2-15-9(14)6-5-10-7-3-4-11-12(7)8(6)13/h6-7,10-11H,2-5H2,1H3. The lowest BCUT2D eigenvalue weighted by atomic mass is 10.1. The van der Waals surface area contributed by atoms with Crippen molar-refractivity contribution in [2.75, 3.05) is 19.7 Å². The lowest BCUT2D eigenvalue weighted by Crippen LogP contribution is -2.60. The Morgan fingerprint density at radius 3 is 3.20 bits per heavy atom. The molecule has 2 aliphatic rings. The van der Waals surface area contributed by atoms with E-state index in [2.05, 4.69) is 10.7 Å². The van der Waals surface area contributed by atoms with E-state index in [1.807, 2.05) is 0 Å². The van der Waals surface area contributed by atoms with Crippen molar-refractivity contribution in [2.45, 2.75) is 19.5 Å². The van der Waals surface area contributed by atoms with E-state index in [9.17, 15) is 9.59 Å². The minimum atomic E-state index is -0.702. The molecule has 2 unspecified atom stereocenters. The highest BCUT2D eigenvalue weighted by Crippen LogP contribution is 2.16. The molecule has 0 bridgehead atoms. The SMILES string of the molecule is CCOC(=O)C1CNC2CCNN2C1=O. The summed E-state index contributed by atoms with van der Waals surface area (Å²) in [5.41, 5.74) is 2.95. The summed E-state index contributed by atoms with van der Waals surface area (Å²) in [6.45, 7) is 3.18. The van der Waals surface area contributed by atoms with Gasteiger partial charge in [0.15, 0.2) is 0 Å². The van der Waals surface area contributed by atoms with Gasteiger partial charge in [0.2, 0.25) is 0 Å². The zero-order valence-electron chi connectivity index (χ0n) is 8.66. The van der Waals surface area contributed by atoms with Gasteiger partial charge in [-0.3, -0.25) is 19.9 Å². The fourth-order valence-corrected chi connectivity index (χ4v) is 1.92. The second-order valence-electron chi connectivity index (χ2n) is 3.63. The highest BCUT2D eigenvalue weighted by molar-refractivity contribution is 5.98. The molecule has 0 aliphatic carbocycles. The number of hydrogen-bond acceptors (Lipinski definition) is 5. The first-order chi connectivity index (χ1) is 7.24. The van der Waals surface area contributed by atoms with E-state index in [-0.39, 0.29) is 12.1 Å². The Bertz CT molecular complexity index is 282. The quantitative estimate of drug-likeness (QED) is 0.447. The molecule has 2 saturated heterocycles. The van der Waals surface area contributed by atoms with Crippen LogP contribution in [-0.4, -0.2) is 42.7 Å². The molecule has 0 aromatic carbocycles. The van der Waals surface area contributed by atoms with Gasteiger partial charge >= 0.3 is 5.97 Å². The van der Waals surface area contributed by atoms with Gasteiger partial charge in [0.05, 0.1) is 12.8 Å². The Kier molecular flexibility index (Phi) is 2.88. The molecule has 0 aromatic heterocycles. The summed E-state index contributed by atoms with van der Waals surface area (Å²) in [6, 6.07) is 0. The van der Waals surface area contributed by atoms with Crippen molar-refractivity contribution < 1.29 is 14.3 Å². The maximum atomic E-state index is 11.8. The molecule has 0 radical (unpaired) electrons. The summed E-state index contributed by atoms with van der Waals surface area (Å²) in [6.07, 6.45) is 0.907. The summed E-state index contributed by atoms with van der Waals surface area (Å²) in [4.78, 5) is 23.3. The zero-order chi connectivity index (χ0) is 10.8. The molecule has 2 atom stereocenters. The Hall–Kier alpha value is -1.14.